The van der Waals surface area contributed by atoms with Crippen LogP contribution in [0.5, 0.6) is 0 Å². The number of nitrogens with one attached hydrogen (secondary N) is 1. The van der Waals surface area contributed by atoms with Gasteiger partial charge in [-0.1, -0.05) is 12.1 Å². The third-order valence-corrected chi connectivity index (χ3v) is 3.03. The lowest BCUT2D eigenvalue weighted by Crippen LogP contribution is -2.15. The van der Waals surface area contributed by atoms with Crippen LogP contribution in [0.1, 0.15) is 5.56 Å². The molecule has 0 atom stereocenters. The number of halogens is 1. The highest BCUT2D eigenvalue weighted by Crippen LogP contribution is 2.11. The molecule has 2 aromatic rings. The number of hydrogen-bond donors (Lipinski definition) is 1. The van der Waals surface area contributed by atoms with Crippen LogP contribution in [0.15, 0.2) is 41.4 Å². The quantitative estimate of drug-likeness (QED) is 0.872. The third kappa shape index (κ3) is 4.03. The van der Waals surface area contributed by atoms with Gasteiger partial charge in [-0.25, -0.2) is 4.39 Å². The van der Waals surface area contributed by atoms with Crippen molar-refractivity contribution in [2.45, 2.75) is 11.4 Å². The van der Waals surface area contributed by atoms with E-state index in [4.69, 9.17) is 0 Å². The standard InChI is InChI=1S/C13H12FN3OS/c1-19-13-7-6-11(16-17-13)15-12(18)8-9-2-4-10(14)5-3-9/h2-7H,8H2,1H3,(H,15,16,18). The first-order valence-corrected chi connectivity index (χ1v) is 6.82. The van der Waals surface area contributed by atoms with Crippen LogP contribution >= 0.6 is 11.8 Å². The van der Waals surface area contributed by atoms with Gasteiger partial charge in [0.2, 0.25) is 5.91 Å². The smallest absolute Gasteiger partial charge is 0.229 e. The molecule has 1 aromatic heterocycles. The highest BCUT2D eigenvalue weighted by molar-refractivity contribution is 7.98. The van der Waals surface area contributed by atoms with E-state index in [1.165, 1.54) is 23.9 Å². The molecular weight excluding hydrogens is 265 g/mol. The first-order valence-electron chi connectivity index (χ1n) is 5.59. The molecule has 0 spiro atoms. The normalized spacial score (nSPS) is 10.2. The summed E-state index contributed by atoms with van der Waals surface area (Å²) in [4.78, 5) is 11.7. The van der Waals surface area contributed by atoms with Crippen molar-refractivity contribution in [3.63, 3.8) is 0 Å². The maximum Gasteiger partial charge on any atom is 0.229 e. The fourth-order valence-electron chi connectivity index (χ4n) is 1.47. The molecule has 1 aromatic carbocycles. The van der Waals surface area contributed by atoms with Crippen LogP contribution in [-0.4, -0.2) is 22.4 Å². The number of carbonyl (C=O) groups is 1. The predicted octanol–water partition coefficient (Wildman–Crippen LogP) is 2.52. The Hall–Kier alpha value is -1.95. The second-order valence-corrected chi connectivity index (χ2v) is 4.64. The summed E-state index contributed by atoms with van der Waals surface area (Å²) in [5.41, 5.74) is 0.743. The van der Waals surface area contributed by atoms with Crippen LogP contribution in [0.3, 0.4) is 0 Å². The Morgan fingerprint density at radius 3 is 2.53 bits per heavy atom. The van der Waals surface area contributed by atoms with Gasteiger partial charge in [-0.3, -0.25) is 4.79 Å². The average Bonchev–Trinajstić information content (AvgIpc) is 2.42. The molecule has 98 valence electrons. The lowest BCUT2D eigenvalue weighted by molar-refractivity contribution is -0.115. The number of aromatic nitrogens is 2. The summed E-state index contributed by atoms with van der Waals surface area (Å²) >= 11 is 1.48. The lowest BCUT2D eigenvalue weighted by Gasteiger charge is -2.04. The molecule has 0 saturated heterocycles. The number of anilines is 1. The molecule has 19 heavy (non-hydrogen) atoms. The molecule has 1 heterocycles. The number of thioether (sulfide) groups is 1. The first kappa shape index (κ1) is 13.5. The minimum atomic E-state index is -0.317. The Balaban J connectivity index is 1.95. The van der Waals surface area contributed by atoms with Gasteiger partial charge in [0, 0.05) is 0 Å². The molecule has 0 bridgehead atoms. The zero-order chi connectivity index (χ0) is 13.7. The summed E-state index contributed by atoms with van der Waals surface area (Å²) in [5.74, 6) is -0.120. The van der Waals surface area contributed by atoms with Crippen molar-refractivity contribution in [3.8, 4) is 0 Å². The van der Waals surface area contributed by atoms with Crippen molar-refractivity contribution >= 4 is 23.5 Å². The highest BCUT2D eigenvalue weighted by atomic mass is 32.2. The van der Waals surface area contributed by atoms with Gasteiger partial charge in [-0.2, -0.15) is 0 Å². The molecule has 6 heteroatoms. The van der Waals surface area contributed by atoms with Crippen LogP contribution in [0, 0.1) is 5.82 Å². The maximum absolute atomic E-state index is 12.7. The van der Waals surface area contributed by atoms with Crippen LogP contribution in [0.25, 0.3) is 0 Å². The second kappa shape index (κ2) is 6.29. The molecule has 0 aliphatic rings. The Morgan fingerprint density at radius 2 is 1.95 bits per heavy atom. The zero-order valence-electron chi connectivity index (χ0n) is 10.3. The van der Waals surface area contributed by atoms with E-state index in [9.17, 15) is 9.18 Å². The molecule has 0 aliphatic carbocycles. The van der Waals surface area contributed by atoms with Crippen molar-refractivity contribution in [3.05, 3.63) is 47.8 Å². The Kier molecular flexibility index (Phi) is 4.46. The van der Waals surface area contributed by atoms with E-state index < -0.39 is 0 Å². The second-order valence-electron chi connectivity index (χ2n) is 3.81. The molecule has 4 nitrogen and oxygen atoms in total. The van der Waals surface area contributed by atoms with Gasteiger partial charge in [0.15, 0.2) is 5.82 Å². The van der Waals surface area contributed by atoms with Crippen molar-refractivity contribution in [1.29, 1.82) is 0 Å². The molecule has 1 amide bonds. The van der Waals surface area contributed by atoms with Gasteiger partial charge in [-0.05, 0) is 36.1 Å². The van der Waals surface area contributed by atoms with E-state index in [1.807, 2.05) is 6.26 Å². The van der Waals surface area contributed by atoms with E-state index in [1.54, 1.807) is 24.3 Å². The van der Waals surface area contributed by atoms with Gasteiger partial charge in [0.05, 0.1) is 6.42 Å². The van der Waals surface area contributed by atoms with Crippen molar-refractivity contribution in [2.24, 2.45) is 0 Å². The summed E-state index contributed by atoms with van der Waals surface area (Å²) in [5, 5.41) is 11.2. The van der Waals surface area contributed by atoms with Crippen molar-refractivity contribution in [1.82, 2.24) is 10.2 Å². The largest absolute Gasteiger partial charge is 0.309 e. The van der Waals surface area contributed by atoms with Crippen LogP contribution in [0.4, 0.5) is 10.2 Å². The number of rotatable bonds is 4. The molecule has 1 N–H and O–H groups in total. The molecule has 2 rings (SSSR count). The molecule has 0 radical (unpaired) electrons. The van der Waals surface area contributed by atoms with Gasteiger partial charge < -0.3 is 5.32 Å². The number of hydrogen-bond acceptors (Lipinski definition) is 4. The molecule has 0 aliphatic heterocycles. The molecule has 0 unspecified atom stereocenters. The topological polar surface area (TPSA) is 54.9 Å². The summed E-state index contributed by atoms with van der Waals surface area (Å²) in [6, 6.07) is 9.30. The van der Waals surface area contributed by atoms with Crippen molar-refractivity contribution < 1.29 is 9.18 Å². The fourth-order valence-corrected chi connectivity index (χ4v) is 1.80. The average molecular weight is 277 g/mol. The fraction of sp³-hybridized carbons (Fsp3) is 0.154. The number of benzene rings is 1. The minimum Gasteiger partial charge on any atom is -0.309 e. The minimum absolute atomic E-state index is 0.173. The summed E-state index contributed by atoms with van der Waals surface area (Å²) in [7, 11) is 0. The molecular formula is C13H12FN3OS. The first-order chi connectivity index (χ1) is 9.17. The number of carbonyl (C=O) groups excluding carboxylic acids is 1. The van der Waals surface area contributed by atoms with Crippen molar-refractivity contribution in [2.75, 3.05) is 11.6 Å². The SMILES string of the molecule is CSc1ccc(NC(=O)Cc2ccc(F)cc2)nn1. The van der Waals surface area contributed by atoms with E-state index in [-0.39, 0.29) is 18.1 Å². The lowest BCUT2D eigenvalue weighted by atomic mass is 10.1. The Bertz CT molecular complexity index is 557. The maximum atomic E-state index is 12.7. The highest BCUT2D eigenvalue weighted by Gasteiger charge is 2.05. The summed E-state index contributed by atoms with van der Waals surface area (Å²) in [6.45, 7) is 0. The summed E-state index contributed by atoms with van der Waals surface area (Å²) in [6.07, 6.45) is 2.07. The molecule has 0 fully saturated rings. The van der Waals surface area contributed by atoms with Gasteiger partial charge in [-0.15, -0.1) is 22.0 Å². The number of nitrogens with zero attached hydrogens (tertiary/aromatic N) is 2. The van der Waals surface area contributed by atoms with Gasteiger partial charge in [0.25, 0.3) is 0 Å². The van der Waals surface area contributed by atoms with E-state index in [0.717, 1.165) is 10.6 Å². The predicted molar refractivity (Wildman–Crippen MR) is 72.5 cm³/mol. The van der Waals surface area contributed by atoms with E-state index >= 15 is 0 Å². The van der Waals surface area contributed by atoms with Gasteiger partial charge in [0.1, 0.15) is 10.8 Å². The van der Waals surface area contributed by atoms with E-state index in [0.29, 0.717) is 5.82 Å². The Labute approximate surface area is 114 Å². The monoisotopic (exact) mass is 277 g/mol. The molecule has 0 saturated carbocycles. The Morgan fingerprint density at radius 1 is 1.21 bits per heavy atom. The van der Waals surface area contributed by atoms with Crippen LogP contribution in [-0.2, 0) is 11.2 Å². The van der Waals surface area contributed by atoms with Crippen LogP contribution in [0.2, 0.25) is 0 Å². The zero-order valence-corrected chi connectivity index (χ0v) is 11.1. The summed E-state index contributed by atoms with van der Waals surface area (Å²) < 4.78 is 12.7. The van der Waals surface area contributed by atoms with Crippen LogP contribution < -0.4 is 5.32 Å². The number of amides is 1. The third-order valence-electron chi connectivity index (χ3n) is 2.39. The van der Waals surface area contributed by atoms with Gasteiger partial charge >= 0.3 is 0 Å². The van der Waals surface area contributed by atoms with E-state index in [2.05, 4.69) is 15.5 Å².